The van der Waals surface area contributed by atoms with Crippen LogP contribution in [0.25, 0.3) is 0 Å². The topological polar surface area (TPSA) is 67.0 Å². The van der Waals surface area contributed by atoms with Crippen LogP contribution in [0.5, 0.6) is 0 Å². The predicted octanol–water partition coefficient (Wildman–Crippen LogP) is 2.40. The average molecular weight is 277 g/mol. The number of nitrogens with zero attached hydrogens (tertiary/aromatic N) is 1. The van der Waals surface area contributed by atoms with Gasteiger partial charge in [0.25, 0.3) is 5.56 Å². The maximum absolute atomic E-state index is 12.2. The van der Waals surface area contributed by atoms with E-state index >= 15 is 0 Å². The summed E-state index contributed by atoms with van der Waals surface area (Å²) < 4.78 is 5.66. The van der Waals surface area contributed by atoms with Gasteiger partial charge in [-0.25, -0.2) is 4.98 Å². The second-order valence-electron chi connectivity index (χ2n) is 5.86. The number of anilines is 1. The Morgan fingerprint density at radius 2 is 2.05 bits per heavy atom. The van der Waals surface area contributed by atoms with E-state index < -0.39 is 0 Å². The highest BCUT2D eigenvalue weighted by Gasteiger charge is 2.28. The molecule has 1 saturated carbocycles. The summed E-state index contributed by atoms with van der Waals surface area (Å²) in [6, 6.07) is 0. The molecule has 0 spiro atoms. The first kappa shape index (κ1) is 13.6. The molecule has 0 radical (unpaired) electrons. The first-order chi connectivity index (χ1) is 9.79. The van der Waals surface area contributed by atoms with Gasteiger partial charge < -0.3 is 15.0 Å². The Labute approximate surface area is 119 Å². The third-order valence-electron chi connectivity index (χ3n) is 4.53. The molecular weight excluding hydrogens is 254 g/mol. The van der Waals surface area contributed by atoms with Crippen molar-refractivity contribution in [3.8, 4) is 0 Å². The van der Waals surface area contributed by atoms with Gasteiger partial charge >= 0.3 is 0 Å². The maximum atomic E-state index is 12.2. The van der Waals surface area contributed by atoms with Gasteiger partial charge in [-0.2, -0.15) is 0 Å². The lowest BCUT2D eigenvalue weighted by Gasteiger charge is -2.29. The quantitative estimate of drug-likeness (QED) is 0.890. The van der Waals surface area contributed by atoms with Gasteiger partial charge in [0.05, 0.1) is 5.56 Å². The highest BCUT2D eigenvalue weighted by atomic mass is 16.5. The molecule has 110 valence electrons. The summed E-state index contributed by atoms with van der Waals surface area (Å²) in [6.07, 6.45) is 7.84. The molecule has 1 aliphatic heterocycles. The van der Waals surface area contributed by atoms with E-state index in [-0.39, 0.29) is 11.7 Å². The van der Waals surface area contributed by atoms with E-state index in [1.807, 2.05) is 0 Å². The number of hydrogen-bond acceptors (Lipinski definition) is 4. The summed E-state index contributed by atoms with van der Waals surface area (Å²) in [5.41, 5.74) is 0.786. The van der Waals surface area contributed by atoms with Crippen molar-refractivity contribution in [2.24, 2.45) is 5.92 Å². The summed E-state index contributed by atoms with van der Waals surface area (Å²) >= 11 is 0. The number of H-pyrrole nitrogens is 1. The molecule has 1 unspecified atom stereocenters. The Balaban J connectivity index is 1.91. The maximum Gasteiger partial charge on any atom is 0.256 e. The Hall–Kier alpha value is -1.36. The molecule has 2 N–H and O–H groups in total. The van der Waals surface area contributed by atoms with Gasteiger partial charge in [-0.15, -0.1) is 0 Å². The van der Waals surface area contributed by atoms with Gasteiger partial charge in [-0.3, -0.25) is 4.79 Å². The second-order valence-corrected chi connectivity index (χ2v) is 5.86. The third-order valence-corrected chi connectivity index (χ3v) is 4.53. The monoisotopic (exact) mass is 277 g/mol. The van der Waals surface area contributed by atoms with E-state index in [0.717, 1.165) is 43.6 Å². The fourth-order valence-electron chi connectivity index (χ4n) is 3.46. The minimum absolute atomic E-state index is 0.00457. The first-order valence-corrected chi connectivity index (χ1v) is 7.69. The van der Waals surface area contributed by atoms with Crippen molar-refractivity contribution < 1.29 is 4.74 Å². The smallest absolute Gasteiger partial charge is 0.256 e. The summed E-state index contributed by atoms with van der Waals surface area (Å²) in [5.74, 6) is 1.92. The van der Waals surface area contributed by atoms with Crippen LogP contribution < -0.4 is 10.9 Å². The SMILES string of the molecule is COC(c1nc2c(c(=O)[nH]1)CCCN2)C1CCCCC1. The molecule has 1 aromatic rings. The molecule has 5 heteroatoms. The van der Waals surface area contributed by atoms with E-state index in [4.69, 9.17) is 4.74 Å². The Morgan fingerprint density at radius 1 is 1.25 bits per heavy atom. The molecule has 3 rings (SSSR count). The van der Waals surface area contributed by atoms with E-state index in [1.165, 1.54) is 19.3 Å². The molecule has 1 fully saturated rings. The van der Waals surface area contributed by atoms with Crippen LogP contribution in [0, 0.1) is 5.92 Å². The molecule has 0 bridgehead atoms. The molecule has 0 aromatic carbocycles. The molecule has 2 heterocycles. The van der Waals surface area contributed by atoms with Crippen LogP contribution in [0.3, 0.4) is 0 Å². The van der Waals surface area contributed by atoms with Crippen molar-refractivity contribution in [3.63, 3.8) is 0 Å². The van der Waals surface area contributed by atoms with Crippen LogP contribution in [-0.4, -0.2) is 23.6 Å². The lowest BCUT2D eigenvalue weighted by atomic mass is 9.85. The highest BCUT2D eigenvalue weighted by Crippen LogP contribution is 2.35. The zero-order valence-electron chi connectivity index (χ0n) is 12.1. The standard InChI is InChI=1S/C15H23N3O2/c1-20-12(10-6-3-2-4-7-10)14-17-13-11(15(19)18-14)8-5-9-16-13/h10,12H,2-9H2,1H3,(H2,16,17,18,19). The van der Waals surface area contributed by atoms with E-state index in [1.54, 1.807) is 7.11 Å². The van der Waals surface area contributed by atoms with Crippen molar-refractivity contribution >= 4 is 5.82 Å². The summed E-state index contributed by atoms with van der Waals surface area (Å²) in [5, 5.41) is 3.24. The summed E-state index contributed by atoms with van der Waals surface area (Å²) in [7, 11) is 1.71. The Bertz CT molecular complexity index is 520. The number of aromatic nitrogens is 2. The minimum Gasteiger partial charge on any atom is -0.373 e. The van der Waals surface area contributed by atoms with Crippen LogP contribution in [0.2, 0.25) is 0 Å². The number of methoxy groups -OCH3 is 1. The number of rotatable bonds is 3. The lowest BCUT2D eigenvalue weighted by Crippen LogP contribution is -2.28. The molecule has 20 heavy (non-hydrogen) atoms. The largest absolute Gasteiger partial charge is 0.373 e. The number of ether oxygens (including phenoxy) is 1. The van der Waals surface area contributed by atoms with E-state index in [2.05, 4.69) is 15.3 Å². The van der Waals surface area contributed by atoms with Crippen LogP contribution in [0.1, 0.15) is 56.0 Å². The third kappa shape index (κ3) is 2.59. The fraction of sp³-hybridized carbons (Fsp3) is 0.733. The van der Waals surface area contributed by atoms with Crippen molar-refractivity contribution in [2.75, 3.05) is 19.0 Å². The van der Waals surface area contributed by atoms with Gasteiger partial charge in [-0.05, 0) is 31.6 Å². The summed E-state index contributed by atoms with van der Waals surface area (Å²) in [4.78, 5) is 19.8. The molecule has 0 amide bonds. The molecule has 1 aliphatic carbocycles. The van der Waals surface area contributed by atoms with Crippen LogP contribution in [0.4, 0.5) is 5.82 Å². The zero-order chi connectivity index (χ0) is 13.9. The molecular formula is C15H23N3O2. The average Bonchev–Trinajstić information content (AvgIpc) is 2.49. The fourth-order valence-corrected chi connectivity index (χ4v) is 3.46. The number of aromatic amines is 1. The van der Waals surface area contributed by atoms with Crippen molar-refractivity contribution in [1.82, 2.24) is 9.97 Å². The first-order valence-electron chi connectivity index (χ1n) is 7.69. The van der Waals surface area contributed by atoms with E-state index in [9.17, 15) is 4.79 Å². The van der Waals surface area contributed by atoms with Gasteiger partial charge in [0, 0.05) is 13.7 Å². The molecule has 5 nitrogen and oxygen atoms in total. The van der Waals surface area contributed by atoms with Crippen LogP contribution in [0.15, 0.2) is 4.79 Å². The van der Waals surface area contributed by atoms with Crippen LogP contribution in [-0.2, 0) is 11.2 Å². The molecule has 1 aromatic heterocycles. The van der Waals surface area contributed by atoms with Crippen LogP contribution >= 0.6 is 0 Å². The van der Waals surface area contributed by atoms with Gasteiger partial charge in [0.15, 0.2) is 0 Å². The number of fused-ring (bicyclic) bond motifs is 1. The van der Waals surface area contributed by atoms with Gasteiger partial charge in [-0.1, -0.05) is 19.3 Å². The van der Waals surface area contributed by atoms with Crippen molar-refractivity contribution in [2.45, 2.75) is 51.0 Å². The molecule has 1 atom stereocenters. The Morgan fingerprint density at radius 3 is 2.80 bits per heavy atom. The van der Waals surface area contributed by atoms with Crippen molar-refractivity contribution in [3.05, 3.63) is 21.7 Å². The van der Waals surface area contributed by atoms with Gasteiger partial charge in [0.2, 0.25) is 0 Å². The molecule has 2 aliphatic rings. The normalized spacial score (nSPS) is 21.1. The molecule has 0 saturated heterocycles. The Kier molecular flexibility index (Phi) is 4.05. The minimum atomic E-state index is -0.0861. The highest BCUT2D eigenvalue weighted by molar-refractivity contribution is 5.45. The number of hydrogen-bond donors (Lipinski definition) is 2. The van der Waals surface area contributed by atoms with Crippen molar-refractivity contribution in [1.29, 1.82) is 0 Å². The van der Waals surface area contributed by atoms with Gasteiger partial charge in [0.1, 0.15) is 17.7 Å². The zero-order valence-corrected chi connectivity index (χ0v) is 12.1. The van der Waals surface area contributed by atoms with E-state index in [0.29, 0.717) is 11.7 Å². The predicted molar refractivity (Wildman–Crippen MR) is 78.0 cm³/mol. The lowest BCUT2D eigenvalue weighted by molar-refractivity contribution is 0.0288. The number of nitrogens with one attached hydrogen (secondary N) is 2. The summed E-state index contributed by atoms with van der Waals surface area (Å²) in [6.45, 7) is 0.893. The second kappa shape index (κ2) is 5.95.